The summed E-state index contributed by atoms with van der Waals surface area (Å²) in [5.74, 6) is -0.0108. The van der Waals surface area contributed by atoms with Crippen molar-refractivity contribution in [2.24, 2.45) is 0 Å². The summed E-state index contributed by atoms with van der Waals surface area (Å²) in [4.78, 5) is 33.6. The minimum absolute atomic E-state index is 0.105. The lowest BCUT2D eigenvalue weighted by Gasteiger charge is -2.26. The molecule has 13 heteroatoms. The number of anilines is 1. The average Bonchev–Trinajstić information content (AvgIpc) is 3.58. The monoisotopic (exact) mass is 540 g/mol. The SMILES string of the molecule is Cc1nc(-n2nc(-c3cccs3)cc2NC(=O)c2ccc(S(=O)(=O)N3CCOCC3)cc2)[nH]c(=O)c1C. The Kier molecular flexibility index (Phi) is 6.77. The highest BCUT2D eigenvalue weighted by Gasteiger charge is 2.26. The first-order valence-corrected chi connectivity index (χ1v) is 13.8. The molecule has 1 amide bonds. The summed E-state index contributed by atoms with van der Waals surface area (Å²) in [6.45, 7) is 4.67. The van der Waals surface area contributed by atoms with Gasteiger partial charge in [-0.1, -0.05) is 6.07 Å². The van der Waals surface area contributed by atoms with Crippen LogP contribution in [0, 0.1) is 13.8 Å². The highest BCUT2D eigenvalue weighted by atomic mass is 32.2. The normalized spacial score (nSPS) is 14.5. The van der Waals surface area contributed by atoms with Crippen molar-refractivity contribution in [3.05, 3.63) is 75.0 Å². The number of carbonyl (C=O) groups is 1. The Morgan fingerprint density at radius 1 is 1.14 bits per heavy atom. The van der Waals surface area contributed by atoms with E-state index in [-0.39, 0.29) is 35.1 Å². The zero-order valence-electron chi connectivity index (χ0n) is 20.1. The number of hydrogen-bond donors (Lipinski definition) is 2. The van der Waals surface area contributed by atoms with Crippen molar-refractivity contribution in [1.82, 2.24) is 24.1 Å². The van der Waals surface area contributed by atoms with Gasteiger partial charge in [0, 0.05) is 36.0 Å². The van der Waals surface area contributed by atoms with Gasteiger partial charge in [-0.2, -0.15) is 14.1 Å². The van der Waals surface area contributed by atoms with Gasteiger partial charge < -0.3 is 10.1 Å². The number of thiophene rings is 1. The molecule has 11 nitrogen and oxygen atoms in total. The third-order valence-electron chi connectivity index (χ3n) is 6.03. The Morgan fingerprint density at radius 3 is 2.51 bits per heavy atom. The molecule has 0 radical (unpaired) electrons. The van der Waals surface area contributed by atoms with Gasteiger partial charge in [0.2, 0.25) is 16.0 Å². The third-order valence-corrected chi connectivity index (χ3v) is 8.84. The van der Waals surface area contributed by atoms with Gasteiger partial charge in [0.15, 0.2) is 0 Å². The fraction of sp³-hybridized carbons (Fsp3) is 0.250. The molecule has 0 spiro atoms. The molecule has 1 saturated heterocycles. The molecule has 0 bridgehead atoms. The zero-order valence-corrected chi connectivity index (χ0v) is 21.7. The first-order valence-electron chi connectivity index (χ1n) is 11.5. The van der Waals surface area contributed by atoms with Crippen molar-refractivity contribution >= 4 is 33.1 Å². The molecule has 0 unspecified atom stereocenters. The molecule has 0 aliphatic carbocycles. The smallest absolute Gasteiger partial charge is 0.256 e. The average molecular weight is 541 g/mol. The molecule has 3 aromatic heterocycles. The van der Waals surface area contributed by atoms with E-state index in [2.05, 4.69) is 20.4 Å². The van der Waals surface area contributed by atoms with E-state index >= 15 is 0 Å². The van der Waals surface area contributed by atoms with E-state index in [1.165, 1.54) is 44.6 Å². The summed E-state index contributed by atoms with van der Waals surface area (Å²) in [5, 5.41) is 9.29. The second-order valence-electron chi connectivity index (χ2n) is 8.40. The summed E-state index contributed by atoms with van der Waals surface area (Å²) in [6.07, 6.45) is 0. The van der Waals surface area contributed by atoms with Crippen LogP contribution in [0.2, 0.25) is 0 Å². The fourth-order valence-electron chi connectivity index (χ4n) is 3.81. The first-order chi connectivity index (χ1) is 17.7. The zero-order chi connectivity index (χ0) is 26.2. The van der Waals surface area contributed by atoms with Crippen LogP contribution in [-0.4, -0.2) is 64.7 Å². The molecule has 0 atom stereocenters. The standard InChI is InChI=1S/C24H24N6O5S2/c1-15-16(2)25-24(27-22(15)31)30-21(14-19(28-30)20-4-3-13-36-20)26-23(32)17-5-7-18(8-6-17)37(33,34)29-9-11-35-12-10-29/h3-8,13-14H,9-12H2,1-2H3,(H,26,32)(H,25,27,31). The summed E-state index contributed by atoms with van der Waals surface area (Å²) in [7, 11) is -3.67. The largest absolute Gasteiger partial charge is 0.379 e. The number of carbonyl (C=O) groups excluding carboxylic acids is 1. The molecular formula is C24H24N6O5S2. The number of H-pyrrole nitrogens is 1. The van der Waals surface area contributed by atoms with Gasteiger partial charge in [-0.25, -0.2) is 13.4 Å². The van der Waals surface area contributed by atoms with E-state index in [9.17, 15) is 18.0 Å². The minimum Gasteiger partial charge on any atom is -0.379 e. The minimum atomic E-state index is -3.67. The molecule has 1 aromatic carbocycles. The Hall–Kier alpha value is -3.65. The maximum absolute atomic E-state index is 13.1. The van der Waals surface area contributed by atoms with E-state index < -0.39 is 15.9 Å². The van der Waals surface area contributed by atoms with Crippen LogP contribution in [0.3, 0.4) is 0 Å². The second kappa shape index (κ2) is 10.0. The highest BCUT2D eigenvalue weighted by Crippen LogP contribution is 2.28. The second-order valence-corrected chi connectivity index (χ2v) is 11.3. The lowest BCUT2D eigenvalue weighted by atomic mass is 10.2. The summed E-state index contributed by atoms with van der Waals surface area (Å²) in [5.41, 5.74) is 1.59. The predicted molar refractivity (Wildman–Crippen MR) is 139 cm³/mol. The van der Waals surface area contributed by atoms with Crippen LogP contribution in [0.5, 0.6) is 0 Å². The summed E-state index contributed by atoms with van der Waals surface area (Å²) >= 11 is 1.48. The number of rotatable bonds is 6. The molecule has 37 heavy (non-hydrogen) atoms. The molecule has 4 aromatic rings. The Bertz CT molecular complexity index is 1600. The van der Waals surface area contributed by atoms with Crippen LogP contribution in [-0.2, 0) is 14.8 Å². The lowest BCUT2D eigenvalue weighted by Crippen LogP contribution is -2.40. The number of nitrogens with zero attached hydrogens (tertiary/aromatic N) is 4. The van der Waals surface area contributed by atoms with Crippen molar-refractivity contribution in [2.45, 2.75) is 18.7 Å². The van der Waals surface area contributed by atoms with E-state index in [0.29, 0.717) is 36.0 Å². The molecule has 2 N–H and O–H groups in total. The topological polar surface area (TPSA) is 139 Å². The van der Waals surface area contributed by atoms with Gasteiger partial charge in [-0.3, -0.25) is 14.6 Å². The predicted octanol–water partition coefficient (Wildman–Crippen LogP) is 2.57. The van der Waals surface area contributed by atoms with Crippen LogP contribution >= 0.6 is 11.3 Å². The van der Waals surface area contributed by atoms with Gasteiger partial charge in [-0.05, 0) is 49.6 Å². The Balaban J connectivity index is 1.45. The maximum Gasteiger partial charge on any atom is 0.256 e. The molecule has 5 rings (SSSR count). The van der Waals surface area contributed by atoms with Crippen molar-refractivity contribution in [1.29, 1.82) is 0 Å². The van der Waals surface area contributed by atoms with Crippen molar-refractivity contribution in [2.75, 3.05) is 31.6 Å². The molecule has 1 aliphatic heterocycles. The number of amides is 1. The van der Waals surface area contributed by atoms with Crippen LogP contribution in [0.25, 0.3) is 16.5 Å². The van der Waals surface area contributed by atoms with Crippen LogP contribution in [0.15, 0.2) is 57.5 Å². The van der Waals surface area contributed by atoms with E-state index in [0.717, 1.165) is 4.88 Å². The van der Waals surface area contributed by atoms with Gasteiger partial charge in [-0.15, -0.1) is 11.3 Å². The number of benzene rings is 1. The summed E-state index contributed by atoms with van der Waals surface area (Å²) < 4.78 is 33.7. The number of aromatic nitrogens is 4. The number of ether oxygens (including phenoxy) is 1. The number of nitrogens with one attached hydrogen (secondary N) is 2. The lowest BCUT2D eigenvalue weighted by molar-refractivity contribution is 0.0730. The Morgan fingerprint density at radius 2 is 1.86 bits per heavy atom. The quantitative estimate of drug-likeness (QED) is 0.383. The molecule has 4 heterocycles. The van der Waals surface area contributed by atoms with E-state index in [4.69, 9.17) is 4.74 Å². The highest BCUT2D eigenvalue weighted by molar-refractivity contribution is 7.89. The third kappa shape index (κ3) is 4.98. The molecule has 1 aliphatic rings. The van der Waals surface area contributed by atoms with Gasteiger partial charge in [0.1, 0.15) is 11.5 Å². The molecule has 192 valence electrons. The number of hydrogen-bond acceptors (Lipinski definition) is 8. The van der Waals surface area contributed by atoms with Gasteiger partial charge in [0.25, 0.3) is 11.5 Å². The van der Waals surface area contributed by atoms with E-state index in [1.807, 2.05) is 17.5 Å². The maximum atomic E-state index is 13.1. The molecule has 1 fully saturated rings. The summed E-state index contributed by atoms with van der Waals surface area (Å²) in [6, 6.07) is 11.2. The fourth-order valence-corrected chi connectivity index (χ4v) is 5.90. The first kappa shape index (κ1) is 25.0. The van der Waals surface area contributed by atoms with Gasteiger partial charge in [0.05, 0.1) is 23.0 Å². The van der Waals surface area contributed by atoms with Crippen LogP contribution in [0.1, 0.15) is 21.6 Å². The molecule has 0 saturated carbocycles. The van der Waals surface area contributed by atoms with E-state index in [1.54, 1.807) is 19.9 Å². The van der Waals surface area contributed by atoms with Crippen molar-refractivity contribution < 1.29 is 17.9 Å². The van der Waals surface area contributed by atoms with Crippen molar-refractivity contribution in [3.8, 4) is 16.5 Å². The molecular weight excluding hydrogens is 516 g/mol. The number of sulfonamides is 1. The van der Waals surface area contributed by atoms with Crippen LogP contribution in [0.4, 0.5) is 5.82 Å². The number of aryl methyl sites for hydroxylation is 1. The van der Waals surface area contributed by atoms with Crippen molar-refractivity contribution in [3.63, 3.8) is 0 Å². The number of aromatic amines is 1. The Labute approximate surface area is 216 Å². The van der Waals surface area contributed by atoms with Crippen LogP contribution < -0.4 is 10.9 Å². The number of morpholine rings is 1. The van der Waals surface area contributed by atoms with Gasteiger partial charge >= 0.3 is 0 Å².